The van der Waals surface area contributed by atoms with E-state index in [1.165, 1.54) is 6.42 Å². The van der Waals surface area contributed by atoms with E-state index in [2.05, 4.69) is 5.32 Å². The van der Waals surface area contributed by atoms with Gasteiger partial charge in [-0.25, -0.2) is 0 Å². The number of benzene rings is 1. The van der Waals surface area contributed by atoms with Crippen molar-refractivity contribution in [1.29, 1.82) is 0 Å². The molecular formula is C19H24N2O3. The van der Waals surface area contributed by atoms with Crippen molar-refractivity contribution in [2.75, 3.05) is 31.6 Å². The van der Waals surface area contributed by atoms with E-state index in [-0.39, 0.29) is 17.2 Å². The fourth-order valence-corrected chi connectivity index (χ4v) is 4.29. The summed E-state index contributed by atoms with van der Waals surface area (Å²) < 4.78 is 5.51. The van der Waals surface area contributed by atoms with Crippen LogP contribution < -0.4 is 5.32 Å². The van der Waals surface area contributed by atoms with Crippen LogP contribution in [0.1, 0.15) is 48.0 Å². The molecule has 0 saturated carbocycles. The van der Waals surface area contributed by atoms with Crippen LogP contribution in [0.2, 0.25) is 0 Å². The number of hydrogen-bond donors (Lipinski definition) is 1. The van der Waals surface area contributed by atoms with E-state index < -0.39 is 0 Å². The number of nitrogens with one attached hydrogen (secondary N) is 1. The predicted octanol–water partition coefficient (Wildman–Crippen LogP) is 2.60. The van der Waals surface area contributed by atoms with Crippen LogP contribution in [-0.4, -0.2) is 43.0 Å². The number of likely N-dealkylation sites (tertiary alicyclic amines) is 1. The number of hydrogen-bond acceptors (Lipinski definition) is 3. The summed E-state index contributed by atoms with van der Waals surface area (Å²) in [6, 6.07) is 5.67. The smallest absolute Gasteiger partial charge is 0.253 e. The number of nitrogens with zero attached hydrogens (tertiary/aromatic N) is 1. The van der Waals surface area contributed by atoms with E-state index >= 15 is 0 Å². The Morgan fingerprint density at radius 3 is 2.83 bits per heavy atom. The van der Waals surface area contributed by atoms with Crippen LogP contribution in [0, 0.1) is 5.41 Å². The summed E-state index contributed by atoms with van der Waals surface area (Å²) in [6.07, 6.45) is 5.62. The Kier molecular flexibility index (Phi) is 4.04. The molecule has 5 heteroatoms. The number of fused-ring (bicyclic) bond motifs is 1. The first-order valence-corrected chi connectivity index (χ1v) is 8.95. The number of amides is 2. The summed E-state index contributed by atoms with van der Waals surface area (Å²) in [5.74, 6) is 0.180. The quantitative estimate of drug-likeness (QED) is 0.862. The van der Waals surface area contributed by atoms with E-state index in [0.29, 0.717) is 12.8 Å². The molecule has 3 aliphatic rings. The monoisotopic (exact) mass is 328 g/mol. The van der Waals surface area contributed by atoms with Crippen molar-refractivity contribution >= 4 is 17.5 Å². The van der Waals surface area contributed by atoms with Crippen molar-refractivity contribution in [1.82, 2.24) is 4.90 Å². The topological polar surface area (TPSA) is 58.6 Å². The maximum absolute atomic E-state index is 13.0. The van der Waals surface area contributed by atoms with Crippen LogP contribution in [0.5, 0.6) is 0 Å². The minimum Gasteiger partial charge on any atom is -0.381 e. The molecule has 0 unspecified atom stereocenters. The highest BCUT2D eigenvalue weighted by Gasteiger charge is 2.38. The van der Waals surface area contributed by atoms with Gasteiger partial charge in [0.25, 0.3) is 5.91 Å². The van der Waals surface area contributed by atoms with Gasteiger partial charge in [0.15, 0.2) is 0 Å². The van der Waals surface area contributed by atoms with E-state index in [1.54, 1.807) is 0 Å². The van der Waals surface area contributed by atoms with Crippen LogP contribution in [0.4, 0.5) is 5.69 Å². The molecular weight excluding hydrogens is 304 g/mol. The summed E-state index contributed by atoms with van der Waals surface area (Å²) in [6.45, 7) is 3.33. The molecule has 3 aliphatic heterocycles. The molecule has 5 nitrogen and oxygen atoms in total. The standard InChI is InChI=1S/C19H24N2O3/c22-17-5-3-14-12-15(2-4-16(14)20-17)18(23)21-9-1-6-19(13-21)7-10-24-11-8-19/h2,4,12H,1,3,5-11,13H2,(H,20,22). The van der Waals surface area contributed by atoms with E-state index in [4.69, 9.17) is 4.74 Å². The van der Waals surface area contributed by atoms with Gasteiger partial charge in [0.05, 0.1) is 0 Å². The van der Waals surface area contributed by atoms with Gasteiger partial charge in [-0.05, 0) is 61.3 Å². The lowest BCUT2D eigenvalue weighted by Gasteiger charge is -2.45. The van der Waals surface area contributed by atoms with Crippen LogP contribution in [0.3, 0.4) is 0 Å². The molecule has 0 radical (unpaired) electrons. The molecule has 1 aromatic rings. The Balaban J connectivity index is 1.52. The second kappa shape index (κ2) is 6.20. The van der Waals surface area contributed by atoms with Crippen molar-refractivity contribution in [3.05, 3.63) is 29.3 Å². The molecule has 1 spiro atoms. The van der Waals surface area contributed by atoms with Crippen LogP contribution in [0.25, 0.3) is 0 Å². The number of aryl methyl sites for hydroxylation is 1. The molecule has 2 amide bonds. The molecule has 4 rings (SSSR count). The molecule has 0 aromatic heterocycles. The van der Waals surface area contributed by atoms with Gasteiger partial charge < -0.3 is 15.0 Å². The lowest BCUT2D eigenvalue weighted by molar-refractivity contribution is -0.116. The summed E-state index contributed by atoms with van der Waals surface area (Å²) in [7, 11) is 0. The van der Waals surface area contributed by atoms with Crippen molar-refractivity contribution in [3.63, 3.8) is 0 Å². The zero-order chi connectivity index (χ0) is 16.6. The number of carbonyl (C=O) groups excluding carboxylic acids is 2. The molecule has 1 aromatic carbocycles. The number of rotatable bonds is 1. The molecule has 128 valence electrons. The lowest BCUT2D eigenvalue weighted by Crippen LogP contribution is -2.48. The molecule has 0 aliphatic carbocycles. The second-order valence-corrected chi connectivity index (χ2v) is 7.36. The number of anilines is 1. The average Bonchev–Trinajstić information content (AvgIpc) is 2.61. The fourth-order valence-electron chi connectivity index (χ4n) is 4.29. The number of piperidine rings is 1. The first kappa shape index (κ1) is 15.6. The number of ether oxygens (including phenoxy) is 1. The highest BCUT2D eigenvalue weighted by molar-refractivity contribution is 5.98. The molecule has 24 heavy (non-hydrogen) atoms. The van der Waals surface area contributed by atoms with Gasteiger partial charge in [-0.15, -0.1) is 0 Å². The van der Waals surface area contributed by atoms with Crippen molar-refractivity contribution in [3.8, 4) is 0 Å². The highest BCUT2D eigenvalue weighted by Crippen LogP contribution is 2.39. The zero-order valence-corrected chi connectivity index (χ0v) is 14.0. The molecule has 2 saturated heterocycles. The van der Waals surface area contributed by atoms with Crippen LogP contribution in [0.15, 0.2) is 18.2 Å². The first-order chi connectivity index (χ1) is 11.7. The molecule has 2 fully saturated rings. The van der Waals surface area contributed by atoms with Crippen molar-refractivity contribution in [2.24, 2.45) is 5.41 Å². The lowest BCUT2D eigenvalue weighted by atomic mass is 9.74. The third-order valence-corrected chi connectivity index (χ3v) is 5.75. The Morgan fingerprint density at radius 1 is 1.17 bits per heavy atom. The summed E-state index contributed by atoms with van der Waals surface area (Å²) >= 11 is 0. The average molecular weight is 328 g/mol. The van der Waals surface area contributed by atoms with E-state index in [9.17, 15) is 9.59 Å². The minimum absolute atomic E-state index is 0.0547. The maximum atomic E-state index is 13.0. The van der Waals surface area contributed by atoms with Crippen molar-refractivity contribution < 1.29 is 14.3 Å². The molecule has 0 bridgehead atoms. The largest absolute Gasteiger partial charge is 0.381 e. The number of carbonyl (C=O) groups is 2. The first-order valence-electron chi connectivity index (χ1n) is 8.95. The Labute approximate surface area is 142 Å². The van der Waals surface area contributed by atoms with Crippen LogP contribution >= 0.6 is 0 Å². The third kappa shape index (κ3) is 2.93. The summed E-state index contributed by atoms with van der Waals surface area (Å²) in [5.41, 5.74) is 2.92. The Morgan fingerprint density at radius 2 is 2.00 bits per heavy atom. The van der Waals surface area contributed by atoms with Crippen molar-refractivity contribution in [2.45, 2.75) is 38.5 Å². The summed E-state index contributed by atoms with van der Waals surface area (Å²) in [4.78, 5) is 26.5. The van der Waals surface area contributed by atoms with Gasteiger partial charge in [-0.2, -0.15) is 0 Å². The SMILES string of the molecule is O=C1CCc2cc(C(=O)N3CCCC4(CCOCC4)C3)ccc2N1. The van der Waals surface area contributed by atoms with Gasteiger partial charge in [-0.3, -0.25) is 9.59 Å². The molecule has 1 N–H and O–H groups in total. The normalized spacial score (nSPS) is 22.8. The zero-order valence-electron chi connectivity index (χ0n) is 14.0. The van der Waals surface area contributed by atoms with E-state index in [1.807, 2.05) is 23.1 Å². The van der Waals surface area contributed by atoms with Gasteiger partial charge in [0.1, 0.15) is 0 Å². The summed E-state index contributed by atoms with van der Waals surface area (Å²) in [5, 5.41) is 2.87. The van der Waals surface area contributed by atoms with Gasteiger partial charge in [0.2, 0.25) is 5.91 Å². The van der Waals surface area contributed by atoms with Crippen LogP contribution in [-0.2, 0) is 16.0 Å². The van der Waals surface area contributed by atoms with Gasteiger partial charge in [-0.1, -0.05) is 0 Å². The highest BCUT2D eigenvalue weighted by atomic mass is 16.5. The Bertz CT molecular complexity index is 659. The Hall–Kier alpha value is -1.88. The molecule has 0 atom stereocenters. The minimum atomic E-state index is 0.0547. The maximum Gasteiger partial charge on any atom is 0.253 e. The van der Waals surface area contributed by atoms with Gasteiger partial charge >= 0.3 is 0 Å². The van der Waals surface area contributed by atoms with Gasteiger partial charge in [0, 0.05) is 44.0 Å². The third-order valence-electron chi connectivity index (χ3n) is 5.75. The second-order valence-electron chi connectivity index (χ2n) is 7.36. The molecule has 3 heterocycles. The van der Waals surface area contributed by atoms with E-state index in [0.717, 1.165) is 62.4 Å². The fraction of sp³-hybridized carbons (Fsp3) is 0.579. The predicted molar refractivity (Wildman–Crippen MR) is 91.0 cm³/mol.